The molecule has 0 radical (unpaired) electrons. The van der Waals surface area contributed by atoms with Crippen molar-refractivity contribution in [3.05, 3.63) is 35.3 Å². The molecule has 0 spiro atoms. The molecule has 0 bridgehead atoms. The molecule has 1 saturated heterocycles. The van der Waals surface area contributed by atoms with Gasteiger partial charge < -0.3 is 18.8 Å². The third-order valence-electron chi connectivity index (χ3n) is 4.93. The van der Waals surface area contributed by atoms with Crippen LogP contribution in [-0.2, 0) is 14.0 Å². The number of hydrogen-bond donors (Lipinski definition) is 0. The van der Waals surface area contributed by atoms with Crippen LogP contribution in [0.4, 0.5) is 8.78 Å². The summed E-state index contributed by atoms with van der Waals surface area (Å²) in [5.41, 5.74) is -1.56. The number of hydrogen-bond acceptors (Lipinski definition) is 4. The van der Waals surface area contributed by atoms with Crippen LogP contribution in [0.3, 0.4) is 0 Å². The highest BCUT2D eigenvalue weighted by molar-refractivity contribution is 6.55. The van der Waals surface area contributed by atoms with Crippen molar-refractivity contribution in [3.8, 4) is 18.1 Å². The van der Waals surface area contributed by atoms with Crippen LogP contribution in [-0.4, -0.2) is 38.6 Å². The summed E-state index contributed by atoms with van der Waals surface area (Å²) in [6.07, 6.45) is 5.32. The molecular formula is C20H25BF2O4. The second-order valence-corrected chi connectivity index (χ2v) is 7.24. The minimum atomic E-state index is -1.20. The van der Waals surface area contributed by atoms with Gasteiger partial charge in [-0.05, 0) is 45.8 Å². The quantitative estimate of drug-likeness (QED) is 0.405. The molecule has 1 fully saturated rings. The second kappa shape index (κ2) is 8.43. The van der Waals surface area contributed by atoms with E-state index in [2.05, 4.69) is 5.92 Å². The van der Waals surface area contributed by atoms with Crippen LogP contribution in [0, 0.1) is 18.2 Å². The van der Waals surface area contributed by atoms with E-state index in [1.54, 1.807) is 6.07 Å². The first-order valence-corrected chi connectivity index (χ1v) is 8.73. The number of para-hydroxylation sites is 1. The zero-order valence-electron chi connectivity index (χ0n) is 16.4. The van der Waals surface area contributed by atoms with Gasteiger partial charge in [0.1, 0.15) is 12.3 Å². The number of benzene rings is 1. The standard InChI is InChI=1S/C20H25BF2O4/c1-7-12-25-13-11-15(14-9-8-10-16(22)17(14)24-6)18(23)21-26-19(2,3)20(4,5)27-21/h1,8-10H,11-13H2,2-6H3. The van der Waals surface area contributed by atoms with Crippen molar-refractivity contribution in [2.45, 2.75) is 45.3 Å². The molecular weight excluding hydrogens is 353 g/mol. The van der Waals surface area contributed by atoms with Gasteiger partial charge in [-0.25, -0.2) is 8.78 Å². The minimum absolute atomic E-state index is 0.0453. The lowest BCUT2D eigenvalue weighted by atomic mass is 9.81. The number of halogens is 2. The fourth-order valence-electron chi connectivity index (χ4n) is 2.73. The molecule has 0 amide bonds. The zero-order chi connectivity index (χ0) is 20.2. The number of rotatable bonds is 7. The smallest absolute Gasteiger partial charge is 0.493 e. The highest BCUT2D eigenvalue weighted by atomic mass is 19.1. The number of methoxy groups -OCH3 is 1. The van der Waals surface area contributed by atoms with Crippen LogP contribution in [0.5, 0.6) is 5.75 Å². The van der Waals surface area contributed by atoms with Gasteiger partial charge in [0.15, 0.2) is 11.6 Å². The Hall–Kier alpha value is -1.88. The van der Waals surface area contributed by atoms with Crippen molar-refractivity contribution < 1.29 is 27.6 Å². The highest BCUT2D eigenvalue weighted by Gasteiger charge is 2.53. The fraction of sp³-hybridized carbons (Fsp3) is 0.500. The van der Waals surface area contributed by atoms with Crippen LogP contribution in [0.1, 0.15) is 39.7 Å². The summed E-state index contributed by atoms with van der Waals surface area (Å²) < 4.78 is 51.6. The van der Waals surface area contributed by atoms with Crippen molar-refractivity contribution in [3.63, 3.8) is 0 Å². The van der Waals surface area contributed by atoms with E-state index < -0.39 is 29.9 Å². The molecule has 1 aliphatic heterocycles. The van der Waals surface area contributed by atoms with E-state index in [9.17, 15) is 4.39 Å². The van der Waals surface area contributed by atoms with E-state index in [0.29, 0.717) is 0 Å². The molecule has 1 aromatic rings. The van der Waals surface area contributed by atoms with Crippen LogP contribution >= 0.6 is 0 Å². The van der Waals surface area contributed by atoms with E-state index in [-0.39, 0.29) is 36.5 Å². The van der Waals surface area contributed by atoms with E-state index >= 15 is 4.39 Å². The maximum atomic E-state index is 15.5. The predicted octanol–water partition coefficient (Wildman–Crippen LogP) is 4.19. The summed E-state index contributed by atoms with van der Waals surface area (Å²) in [6, 6.07) is 4.33. The van der Waals surface area contributed by atoms with Gasteiger partial charge in [-0.15, -0.1) is 6.42 Å². The lowest BCUT2D eigenvalue weighted by molar-refractivity contribution is 0.00578. The molecule has 0 unspecified atom stereocenters. The van der Waals surface area contributed by atoms with Gasteiger partial charge >= 0.3 is 7.12 Å². The molecule has 1 heterocycles. The molecule has 4 nitrogen and oxygen atoms in total. The molecule has 0 N–H and O–H groups in total. The first-order valence-electron chi connectivity index (χ1n) is 8.73. The summed E-state index contributed by atoms with van der Waals surface area (Å²) in [4.78, 5) is 0. The molecule has 27 heavy (non-hydrogen) atoms. The van der Waals surface area contributed by atoms with Crippen LogP contribution < -0.4 is 4.74 Å². The zero-order valence-corrected chi connectivity index (χ0v) is 16.4. The van der Waals surface area contributed by atoms with Gasteiger partial charge in [0.05, 0.1) is 24.9 Å². The Morgan fingerprint density at radius 1 is 1.22 bits per heavy atom. The monoisotopic (exact) mass is 378 g/mol. The largest absolute Gasteiger partial charge is 0.525 e. The van der Waals surface area contributed by atoms with Gasteiger partial charge in [-0.3, -0.25) is 0 Å². The fourth-order valence-corrected chi connectivity index (χ4v) is 2.73. The van der Waals surface area contributed by atoms with Crippen LogP contribution in [0.15, 0.2) is 23.9 Å². The molecule has 7 heteroatoms. The van der Waals surface area contributed by atoms with Gasteiger partial charge in [-0.2, -0.15) is 0 Å². The molecule has 0 aliphatic carbocycles. The Balaban J connectivity index is 2.45. The third-order valence-corrected chi connectivity index (χ3v) is 4.93. The highest BCUT2D eigenvalue weighted by Crippen LogP contribution is 2.42. The Labute approximate surface area is 160 Å². The summed E-state index contributed by atoms with van der Waals surface area (Å²) in [6.45, 7) is 7.59. The van der Waals surface area contributed by atoms with E-state index in [1.807, 2.05) is 27.7 Å². The third kappa shape index (κ3) is 4.52. The van der Waals surface area contributed by atoms with Crippen molar-refractivity contribution in [1.29, 1.82) is 0 Å². The maximum absolute atomic E-state index is 15.5. The lowest BCUT2D eigenvalue weighted by Gasteiger charge is -2.32. The van der Waals surface area contributed by atoms with Gasteiger partial charge in [0, 0.05) is 5.56 Å². The second-order valence-electron chi connectivity index (χ2n) is 7.24. The Morgan fingerprint density at radius 3 is 2.41 bits per heavy atom. The number of ether oxygens (including phenoxy) is 2. The molecule has 146 valence electrons. The molecule has 2 rings (SSSR count). The molecule has 1 aliphatic rings. The van der Waals surface area contributed by atoms with Gasteiger partial charge in [-0.1, -0.05) is 18.1 Å². The average Bonchev–Trinajstić information content (AvgIpc) is 2.82. The molecule has 0 saturated carbocycles. The van der Waals surface area contributed by atoms with Crippen LogP contribution in [0.25, 0.3) is 5.57 Å². The van der Waals surface area contributed by atoms with Crippen molar-refractivity contribution in [2.24, 2.45) is 0 Å². The summed E-state index contributed by atoms with van der Waals surface area (Å²) in [7, 11) is 0.131. The minimum Gasteiger partial charge on any atom is -0.493 e. The topological polar surface area (TPSA) is 36.9 Å². The Bertz CT molecular complexity index is 737. The predicted molar refractivity (Wildman–Crippen MR) is 101 cm³/mol. The normalized spacial score (nSPS) is 18.8. The summed E-state index contributed by atoms with van der Waals surface area (Å²) in [5, 5.41) is 0. The first kappa shape index (κ1) is 21.4. The maximum Gasteiger partial charge on any atom is 0.525 e. The average molecular weight is 378 g/mol. The summed E-state index contributed by atoms with van der Waals surface area (Å²) in [5.74, 6) is 1.72. The molecule has 1 aromatic carbocycles. The first-order chi connectivity index (χ1) is 12.6. The summed E-state index contributed by atoms with van der Waals surface area (Å²) >= 11 is 0. The van der Waals surface area contributed by atoms with E-state index in [0.717, 1.165) is 0 Å². The molecule has 0 atom stereocenters. The van der Waals surface area contributed by atoms with Crippen molar-refractivity contribution in [2.75, 3.05) is 20.3 Å². The van der Waals surface area contributed by atoms with Crippen molar-refractivity contribution >= 4 is 12.7 Å². The lowest BCUT2D eigenvalue weighted by Crippen LogP contribution is -2.41. The van der Waals surface area contributed by atoms with Gasteiger partial charge in [0.2, 0.25) is 0 Å². The SMILES string of the molecule is C#CCOCCC(=C(F)B1OC(C)(C)C(C)(C)O1)c1cccc(F)c1OC. The van der Waals surface area contributed by atoms with E-state index in [4.69, 9.17) is 25.2 Å². The Morgan fingerprint density at radius 2 is 1.85 bits per heavy atom. The van der Waals surface area contributed by atoms with Crippen LogP contribution in [0.2, 0.25) is 0 Å². The van der Waals surface area contributed by atoms with Crippen molar-refractivity contribution in [1.82, 2.24) is 0 Å². The molecule has 0 aromatic heterocycles. The van der Waals surface area contributed by atoms with Gasteiger partial charge in [0.25, 0.3) is 0 Å². The Kier molecular flexibility index (Phi) is 6.69. The van der Waals surface area contributed by atoms with E-state index in [1.165, 1.54) is 19.2 Å². The number of terminal acetylenes is 1.